The SMILES string of the molecule is O=C(CC1c2ccccc2Sc2ccc(Cl)cc21)Nc1ccccc1C(=O)N1CCCC1. The first-order valence-electron chi connectivity index (χ1n) is 10.8. The molecule has 0 bridgehead atoms. The highest BCUT2D eigenvalue weighted by molar-refractivity contribution is 7.99. The van der Waals surface area contributed by atoms with Gasteiger partial charge in [0.15, 0.2) is 0 Å². The van der Waals surface area contributed by atoms with E-state index in [1.165, 1.54) is 0 Å². The summed E-state index contributed by atoms with van der Waals surface area (Å²) in [5, 5.41) is 3.67. The van der Waals surface area contributed by atoms with Crippen molar-refractivity contribution in [1.29, 1.82) is 0 Å². The average Bonchev–Trinajstić information content (AvgIpc) is 3.34. The van der Waals surface area contributed by atoms with Crippen molar-refractivity contribution in [2.45, 2.75) is 35.0 Å². The van der Waals surface area contributed by atoms with Gasteiger partial charge in [0.05, 0.1) is 11.3 Å². The van der Waals surface area contributed by atoms with Gasteiger partial charge in [-0.1, -0.05) is 53.7 Å². The molecule has 1 fully saturated rings. The fourth-order valence-electron chi connectivity index (χ4n) is 4.51. The number of para-hydroxylation sites is 1. The van der Waals surface area contributed by atoms with Crippen LogP contribution in [0.25, 0.3) is 0 Å². The molecule has 3 aromatic rings. The van der Waals surface area contributed by atoms with Crippen LogP contribution in [0.3, 0.4) is 0 Å². The fraction of sp³-hybridized carbons (Fsp3) is 0.231. The number of nitrogens with zero attached hydrogens (tertiary/aromatic N) is 1. The van der Waals surface area contributed by atoms with Gasteiger partial charge in [0.1, 0.15) is 0 Å². The maximum atomic E-state index is 13.2. The van der Waals surface area contributed by atoms with Crippen LogP contribution in [0, 0.1) is 0 Å². The number of nitrogens with one attached hydrogen (secondary N) is 1. The first-order valence-corrected chi connectivity index (χ1v) is 12.0. The van der Waals surface area contributed by atoms with Crippen LogP contribution in [0.5, 0.6) is 0 Å². The molecule has 6 heteroatoms. The molecule has 2 amide bonds. The Balaban J connectivity index is 1.41. The lowest BCUT2D eigenvalue weighted by molar-refractivity contribution is -0.116. The summed E-state index contributed by atoms with van der Waals surface area (Å²) >= 11 is 8.01. The van der Waals surface area contributed by atoms with Gasteiger partial charge in [-0.2, -0.15) is 0 Å². The van der Waals surface area contributed by atoms with Crippen LogP contribution in [0.4, 0.5) is 5.69 Å². The van der Waals surface area contributed by atoms with E-state index in [0.717, 1.165) is 46.8 Å². The highest BCUT2D eigenvalue weighted by atomic mass is 35.5. The van der Waals surface area contributed by atoms with Crippen molar-refractivity contribution in [3.05, 3.63) is 88.4 Å². The largest absolute Gasteiger partial charge is 0.339 e. The van der Waals surface area contributed by atoms with Gasteiger partial charge in [-0.3, -0.25) is 9.59 Å². The van der Waals surface area contributed by atoms with Crippen LogP contribution in [-0.4, -0.2) is 29.8 Å². The molecule has 32 heavy (non-hydrogen) atoms. The quantitative estimate of drug-likeness (QED) is 0.502. The van der Waals surface area contributed by atoms with Crippen molar-refractivity contribution in [3.63, 3.8) is 0 Å². The predicted octanol–water partition coefficient (Wildman–Crippen LogP) is 6.20. The van der Waals surface area contributed by atoms with Crippen molar-refractivity contribution in [3.8, 4) is 0 Å². The zero-order valence-electron chi connectivity index (χ0n) is 17.5. The fourth-order valence-corrected chi connectivity index (χ4v) is 5.85. The molecular weight excluding hydrogens is 440 g/mol. The van der Waals surface area contributed by atoms with E-state index in [1.807, 2.05) is 47.4 Å². The Kier molecular flexibility index (Phi) is 5.94. The van der Waals surface area contributed by atoms with Gasteiger partial charge in [-0.25, -0.2) is 0 Å². The van der Waals surface area contributed by atoms with Crippen molar-refractivity contribution in [2.75, 3.05) is 18.4 Å². The van der Waals surface area contributed by atoms with E-state index in [4.69, 9.17) is 11.6 Å². The third kappa shape index (κ3) is 4.15. The van der Waals surface area contributed by atoms with Crippen molar-refractivity contribution in [2.24, 2.45) is 0 Å². The highest BCUT2D eigenvalue weighted by Crippen LogP contribution is 2.47. The van der Waals surface area contributed by atoms with E-state index in [9.17, 15) is 9.59 Å². The summed E-state index contributed by atoms with van der Waals surface area (Å²) in [6, 6.07) is 21.3. The Hall–Kier alpha value is -2.76. The van der Waals surface area contributed by atoms with Gasteiger partial charge in [0.2, 0.25) is 5.91 Å². The monoisotopic (exact) mass is 462 g/mol. The number of anilines is 1. The van der Waals surface area contributed by atoms with Crippen molar-refractivity contribution >= 4 is 40.9 Å². The van der Waals surface area contributed by atoms with E-state index < -0.39 is 0 Å². The van der Waals surface area contributed by atoms with Gasteiger partial charge in [-0.15, -0.1) is 0 Å². The number of likely N-dealkylation sites (tertiary alicyclic amines) is 1. The lowest BCUT2D eigenvalue weighted by Crippen LogP contribution is -2.29. The molecule has 1 unspecified atom stereocenters. The molecule has 0 saturated carbocycles. The third-order valence-electron chi connectivity index (χ3n) is 6.08. The van der Waals surface area contributed by atoms with Crippen molar-refractivity contribution in [1.82, 2.24) is 4.90 Å². The maximum absolute atomic E-state index is 13.2. The number of carbonyl (C=O) groups excluding carboxylic acids is 2. The summed E-state index contributed by atoms with van der Waals surface area (Å²) in [5.74, 6) is -0.234. The zero-order chi connectivity index (χ0) is 22.1. The van der Waals surface area contributed by atoms with Crippen LogP contribution in [0.2, 0.25) is 5.02 Å². The molecule has 3 aromatic carbocycles. The number of amides is 2. The van der Waals surface area contributed by atoms with E-state index in [2.05, 4.69) is 17.4 Å². The molecule has 0 aromatic heterocycles. The van der Waals surface area contributed by atoms with Crippen LogP contribution >= 0.6 is 23.4 Å². The van der Waals surface area contributed by atoms with E-state index in [0.29, 0.717) is 16.3 Å². The van der Waals surface area contributed by atoms with Gasteiger partial charge in [0, 0.05) is 40.2 Å². The Morgan fingerprint density at radius 2 is 1.66 bits per heavy atom. The Morgan fingerprint density at radius 1 is 0.938 bits per heavy atom. The number of rotatable bonds is 4. The second-order valence-electron chi connectivity index (χ2n) is 8.17. The standard InChI is InChI=1S/C26H23ClN2O2S/c27-17-11-12-24-21(15-17)20(18-7-2-4-10-23(18)32-24)16-25(30)28-22-9-3-1-8-19(22)26(31)29-13-5-6-14-29/h1-4,7-12,15,20H,5-6,13-14,16H2,(H,28,30). The number of fused-ring (bicyclic) bond motifs is 2. The Bertz CT molecular complexity index is 1190. The van der Waals surface area contributed by atoms with Crippen LogP contribution in [0.1, 0.15) is 46.7 Å². The maximum Gasteiger partial charge on any atom is 0.255 e. The lowest BCUT2D eigenvalue weighted by Gasteiger charge is -2.28. The zero-order valence-corrected chi connectivity index (χ0v) is 19.1. The van der Waals surface area contributed by atoms with E-state index in [-0.39, 0.29) is 24.2 Å². The van der Waals surface area contributed by atoms with Crippen molar-refractivity contribution < 1.29 is 9.59 Å². The number of carbonyl (C=O) groups is 2. The molecule has 0 aliphatic carbocycles. The summed E-state index contributed by atoms with van der Waals surface area (Å²) in [5.41, 5.74) is 3.31. The smallest absolute Gasteiger partial charge is 0.255 e. The number of benzene rings is 3. The normalized spacial score (nSPS) is 16.9. The first kappa shape index (κ1) is 21.1. The molecule has 5 rings (SSSR count). The summed E-state index contributed by atoms with van der Waals surface area (Å²) in [6.07, 6.45) is 2.33. The lowest BCUT2D eigenvalue weighted by atomic mass is 9.87. The van der Waals surface area contributed by atoms with E-state index >= 15 is 0 Å². The topological polar surface area (TPSA) is 49.4 Å². The molecule has 4 nitrogen and oxygen atoms in total. The number of halogens is 1. The Labute approximate surface area is 197 Å². The molecule has 2 aliphatic heterocycles. The predicted molar refractivity (Wildman–Crippen MR) is 129 cm³/mol. The second-order valence-corrected chi connectivity index (χ2v) is 9.69. The molecule has 2 heterocycles. The third-order valence-corrected chi connectivity index (χ3v) is 7.49. The van der Waals surface area contributed by atoms with Gasteiger partial charge >= 0.3 is 0 Å². The molecule has 1 saturated heterocycles. The molecule has 2 aliphatic rings. The minimum atomic E-state index is -0.121. The van der Waals surface area contributed by atoms with E-state index in [1.54, 1.807) is 23.9 Å². The number of hydrogen-bond acceptors (Lipinski definition) is 3. The van der Waals surface area contributed by atoms with Crippen LogP contribution in [0.15, 0.2) is 76.5 Å². The molecule has 1 atom stereocenters. The summed E-state index contributed by atoms with van der Waals surface area (Å²) in [4.78, 5) is 30.3. The van der Waals surface area contributed by atoms with Crippen LogP contribution < -0.4 is 5.32 Å². The van der Waals surface area contributed by atoms with Gasteiger partial charge < -0.3 is 10.2 Å². The average molecular weight is 463 g/mol. The Morgan fingerprint density at radius 3 is 2.50 bits per heavy atom. The summed E-state index contributed by atoms with van der Waals surface area (Å²) in [6.45, 7) is 1.55. The van der Waals surface area contributed by atoms with Gasteiger partial charge in [-0.05, 0) is 60.4 Å². The molecular formula is C26H23ClN2O2S. The summed E-state index contributed by atoms with van der Waals surface area (Å²) < 4.78 is 0. The molecule has 0 spiro atoms. The van der Waals surface area contributed by atoms with Crippen LogP contribution in [-0.2, 0) is 4.79 Å². The minimum absolute atomic E-state index is 0.0186. The number of hydrogen-bond donors (Lipinski definition) is 1. The summed E-state index contributed by atoms with van der Waals surface area (Å²) in [7, 11) is 0. The molecule has 1 N–H and O–H groups in total. The highest BCUT2D eigenvalue weighted by Gasteiger charge is 2.29. The second kappa shape index (κ2) is 9.00. The minimum Gasteiger partial charge on any atom is -0.339 e. The molecule has 162 valence electrons. The van der Waals surface area contributed by atoms with Gasteiger partial charge in [0.25, 0.3) is 5.91 Å². The first-order chi connectivity index (χ1) is 15.6. The molecule has 0 radical (unpaired) electrons.